The Bertz CT molecular complexity index is 1570. The van der Waals surface area contributed by atoms with Gasteiger partial charge in [-0.3, -0.25) is 0 Å². The van der Waals surface area contributed by atoms with Crippen molar-refractivity contribution >= 4 is 52.7 Å². The molecule has 0 aliphatic carbocycles. The second-order valence-electron chi connectivity index (χ2n) is 8.64. The van der Waals surface area contributed by atoms with Crippen LogP contribution < -0.4 is 17.6 Å². The number of aromatic nitrogens is 1. The van der Waals surface area contributed by atoms with Gasteiger partial charge < -0.3 is 0 Å². The molecule has 1 nitrogen and oxygen atoms in total. The molecule has 0 amide bonds. The molecule has 0 spiro atoms. The van der Waals surface area contributed by atoms with Gasteiger partial charge in [-0.05, 0) is 0 Å². The first-order chi connectivity index (χ1) is 15.9. The van der Waals surface area contributed by atoms with Crippen molar-refractivity contribution in [1.82, 2.24) is 4.98 Å². The Hall–Kier alpha value is -3.56. The fourth-order valence-electron chi connectivity index (χ4n) is 5.79. The number of hydrogen-bond acceptors (Lipinski definition) is 0. The number of fused-ring (bicyclic) bond motifs is 6. The number of para-hydroxylation sites is 1. The Kier molecular flexibility index (Phi) is 3.79. The summed E-state index contributed by atoms with van der Waals surface area (Å²) in [5.41, 5.74) is 5.25. The zero-order chi connectivity index (χ0) is 21.1. The Labute approximate surface area is 189 Å². The zero-order valence-corrected chi connectivity index (χ0v) is 19.6. The van der Waals surface area contributed by atoms with E-state index in [2.05, 4.69) is 126 Å². The molecule has 2 heterocycles. The van der Waals surface area contributed by atoms with Gasteiger partial charge in [0.25, 0.3) is 0 Å². The minimum atomic E-state index is -3.13. The predicted octanol–water partition coefficient (Wildman–Crippen LogP) is 4.68. The van der Waals surface area contributed by atoms with Gasteiger partial charge in [0.2, 0.25) is 0 Å². The van der Waals surface area contributed by atoms with Crippen molar-refractivity contribution in [3.63, 3.8) is 0 Å². The molecule has 150 valence electrons. The van der Waals surface area contributed by atoms with Crippen LogP contribution in [0.15, 0.2) is 121 Å². The summed E-state index contributed by atoms with van der Waals surface area (Å²) in [6, 6.07) is 45.2. The van der Waals surface area contributed by atoms with Crippen molar-refractivity contribution in [3.8, 4) is 11.1 Å². The van der Waals surface area contributed by atoms with Gasteiger partial charge >= 0.3 is 190 Å². The van der Waals surface area contributed by atoms with Gasteiger partial charge in [-0.1, -0.05) is 0 Å². The van der Waals surface area contributed by atoms with E-state index in [0.29, 0.717) is 0 Å². The van der Waals surface area contributed by atoms with E-state index in [1.54, 1.807) is 0 Å². The van der Waals surface area contributed by atoms with Crippen LogP contribution in [0.5, 0.6) is 0 Å². The van der Waals surface area contributed by atoms with Crippen LogP contribution in [0.25, 0.3) is 32.9 Å². The van der Waals surface area contributed by atoms with E-state index in [9.17, 15) is 0 Å². The quantitative estimate of drug-likeness (QED) is 0.355. The second-order valence-corrected chi connectivity index (χ2v) is 16.5. The zero-order valence-electron chi connectivity index (χ0n) is 17.5. The predicted molar refractivity (Wildman–Crippen MR) is 138 cm³/mol. The molecule has 2 heteroatoms. The van der Waals surface area contributed by atoms with Crippen LogP contribution in [0.4, 0.5) is 0 Å². The van der Waals surface area contributed by atoms with E-state index >= 15 is 0 Å². The van der Waals surface area contributed by atoms with Crippen molar-refractivity contribution in [2.24, 2.45) is 0 Å². The topological polar surface area (TPSA) is 15.8 Å². The molecule has 0 bridgehead atoms. The molecular weight excluding hydrogens is 447 g/mol. The molecule has 1 aliphatic rings. The molecule has 0 saturated carbocycles. The summed E-state index contributed by atoms with van der Waals surface area (Å²) in [6.07, 6.45) is 0. The average molecular weight is 468 g/mol. The molecule has 0 atom stereocenters. The number of H-pyrrole nitrogens is 1. The molecule has 6 aromatic rings. The fourth-order valence-corrected chi connectivity index (χ4v) is 16.7. The molecule has 0 radical (unpaired) electrons. The van der Waals surface area contributed by atoms with Gasteiger partial charge in [0.15, 0.2) is 0 Å². The number of aromatic amines is 1. The summed E-state index contributed by atoms with van der Waals surface area (Å²) >= 11 is -3.13. The number of hydrogen-bond donors (Lipinski definition) is 1. The van der Waals surface area contributed by atoms with Gasteiger partial charge in [-0.25, -0.2) is 0 Å². The van der Waals surface area contributed by atoms with E-state index in [1.807, 2.05) is 0 Å². The summed E-state index contributed by atoms with van der Waals surface area (Å²) in [6.45, 7) is 0. The molecule has 7 rings (SSSR count). The maximum absolute atomic E-state index is 3.71. The Morgan fingerprint density at radius 1 is 0.438 bits per heavy atom. The molecule has 5 aromatic carbocycles. The van der Waals surface area contributed by atoms with Crippen LogP contribution in [0.3, 0.4) is 0 Å². The summed E-state index contributed by atoms with van der Waals surface area (Å²) in [4.78, 5) is 3.71. The molecule has 32 heavy (non-hydrogen) atoms. The molecule has 0 saturated heterocycles. The summed E-state index contributed by atoms with van der Waals surface area (Å²) in [7, 11) is 0. The first-order valence-electron chi connectivity index (χ1n) is 11.1. The molecule has 0 unspecified atom stereocenters. The third-order valence-electron chi connectivity index (χ3n) is 7.08. The minimum absolute atomic E-state index is 1.21. The molecule has 1 aliphatic heterocycles. The van der Waals surface area contributed by atoms with Crippen LogP contribution in [0.1, 0.15) is 0 Å². The van der Waals surface area contributed by atoms with E-state index < -0.39 is 13.3 Å². The SMILES string of the molecule is c1cc[c]([Ge]2([c]3ccccc3)[c]3ccccc3-c3cc4c(c[c]32)[nH]c2ccccc24)cc1. The monoisotopic (exact) mass is 469 g/mol. The molecule has 1 N–H and O–H groups in total. The maximum atomic E-state index is 3.71. The van der Waals surface area contributed by atoms with E-state index in [4.69, 9.17) is 0 Å². The van der Waals surface area contributed by atoms with E-state index in [-0.39, 0.29) is 0 Å². The standard InChI is InChI=1S/C30H21GeN/c1-3-11-21(12-4-1)31(22-13-5-2-6-14-22)27-17-9-7-15-23(27)25-19-26-24-16-8-10-18-29(24)32-30(26)20-28(25)31/h1-20,32H. The molecular formula is C30H21GeN. The second kappa shape index (κ2) is 6.72. The first kappa shape index (κ1) is 18.1. The first-order valence-corrected chi connectivity index (χ1v) is 15.3. The molecule has 0 fully saturated rings. The van der Waals surface area contributed by atoms with Gasteiger partial charge in [0.1, 0.15) is 0 Å². The van der Waals surface area contributed by atoms with Gasteiger partial charge in [-0.2, -0.15) is 0 Å². The van der Waals surface area contributed by atoms with Crippen molar-refractivity contribution in [3.05, 3.63) is 121 Å². The Morgan fingerprint density at radius 3 is 1.81 bits per heavy atom. The van der Waals surface area contributed by atoms with Crippen molar-refractivity contribution in [2.45, 2.75) is 0 Å². The van der Waals surface area contributed by atoms with Crippen LogP contribution >= 0.6 is 0 Å². The fraction of sp³-hybridized carbons (Fsp3) is 0. The summed E-state index contributed by atoms with van der Waals surface area (Å²) < 4.78 is 6.04. The van der Waals surface area contributed by atoms with E-state index in [0.717, 1.165) is 0 Å². The van der Waals surface area contributed by atoms with Gasteiger partial charge in [-0.15, -0.1) is 0 Å². The van der Waals surface area contributed by atoms with Crippen LogP contribution in [0, 0.1) is 0 Å². The number of nitrogens with one attached hydrogen (secondary N) is 1. The van der Waals surface area contributed by atoms with Crippen LogP contribution in [-0.2, 0) is 0 Å². The van der Waals surface area contributed by atoms with Crippen molar-refractivity contribution in [2.75, 3.05) is 0 Å². The molecule has 1 aromatic heterocycles. The Morgan fingerprint density at radius 2 is 1.06 bits per heavy atom. The van der Waals surface area contributed by atoms with Crippen LogP contribution in [-0.4, -0.2) is 18.3 Å². The van der Waals surface area contributed by atoms with Gasteiger partial charge in [0.05, 0.1) is 0 Å². The number of benzene rings is 5. The third-order valence-corrected chi connectivity index (χ3v) is 17.3. The Balaban J connectivity index is 1.69. The third kappa shape index (κ3) is 2.29. The van der Waals surface area contributed by atoms with Crippen molar-refractivity contribution < 1.29 is 0 Å². The van der Waals surface area contributed by atoms with Gasteiger partial charge in [0, 0.05) is 0 Å². The summed E-state index contributed by atoms with van der Waals surface area (Å²) in [5.74, 6) is 0. The number of rotatable bonds is 2. The summed E-state index contributed by atoms with van der Waals surface area (Å²) in [5, 5.41) is 2.61. The normalized spacial score (nSPS) is 13.9. The van der Waals surface area contributed by atoms with E-state index in [1.165, 1.54) is 50.5 Å². The van der Waals surface area contributed by atoms with Crippen molar-refractivity contribution in [1.29, 1.82) is 0 Å². The van der Waals surface area contributed by atoms with Crippen LogP contribution in [0.2, 0.25) is 0 Å². The average Bonchev–Trinajstić information content (AvgIpc) is 3.37.